The van der Waals surface area contributed by atoms with Crippen molar-refractivity contribution >= 4 is 43.1 Å². The van der Waals surface area contributed by atoms with Crippen LogP contribution in [0, 0.1) is 0 Å². The maximum Gasteiger partial charge on any atom is 0.107 e. The molecule has 0 aliphatic carbocycles. The minimum absolute atomic E-state index is 0.158. The Labute approximate surface area is 162 Å². The van der Waals surface area contributed by atoms with Crippen molar-refractivity contribution in [3.8, 4) is 0 Å². The first-order valence-corrected chi connectivity index (χ1v) is 9.79. The van der Waals surface area contributed by atoms with E-state index < -0.39 is 12.2 Å². The summed E-state index contributed by atoms with van der Waals surface area (Å²) >= 11 is 0. The summed E-state index contributed by atoms with van der Waals surface area (Å²) in [5, 5.41) is 29.7. The fourth-order valence-electron chi connectivity index (χ4n) is 5.04. The third-order valence-corrected chi connectivity index (χ3v) is 6.31. The monoisotopic (exact) mass is 368 g/mol. The molecular weight excluding hydrogens is 348 g/mol. The SMILES string of the molecule is OC[C@H]1OC(c2ccc3c4cccc5cccc(c6cccc2c63)c54)C[C@@H]1O. The lowest BCUT2D eigenvalue weighted by molar-refractivity contribution is -0.0222. The molecule has 0 aromatic heterocycles. The third kappa shape index (κ3) is 2.09. The minimum Gasteiger partial charge on any atom is -0.394 e. The number of benzene rings is 5. The van der Waals surface area contributed by atoms with Gasteiger partial charge in [0, 0.05) is 6.42 Å². The maximum absolute atomic E-state index is 10.2. The topological polar surface area (TPSA) is 49.7 Å². The van der Waals surface area contributed by atoms with Crippen LogP contribution in [0.2, 0.25) is 0 Å². The van der Waals surface area contributed by atoms with E-state index in [1.165, 1.54) is 37.7 Å². The highest BCUT2D eigenvalue weighted by Gasteiger charge is 2.35. The summed E-state index contributed by atoms with van der Waals surface area (Å²) in [6.45, 7) is -0.158. The molecule has 5 aromatic carbocycles. The molecule has 0 radical (unpaired) electrons. The molecule has 3 atom stereocenters. The summed E-state index contributed by atoms with van der Waals surface area (Å²) in [7, 11) is 0. The van der Waals surface area contributed by atoms with Gasteiger partial charge in [-0.05, 0) is 48.7 Å². The first kappa shape index (κ1) is 16.3. The average molecular weight is 368 g/mol. The molecule has 3 heteroatoms. The molecule has 28 heavy (non-hydrogen) atoms. The van der Waals surface area contributed by atoms with Crippen LogP contribution in [0.15, 0.2) is 66.7 Å². The van der Waals surface area contributed by atoms with Crippen LogP contribution in [0.4, 0.5) is 0 Å². The fourth-order valence-corrected chi connectivity index (χ4v) is 5.04. The van der Waals surface area contributed by atoms with Gasteiger partial charge in [-0.1, -0.05) is 66.7 Å². The Morgan fingerprint density at radius 3 is 2.04 bits per heavy atom. The van der Waals surface area contributed by atoms with Crippen molar-refractivity contribution in [3.05, 3.63) is 72.3 Å². The van der Waals surface area contributed by atoms with Crippen LogP contribution in [0.5, 0.6) is 0 Å². The summed E-state index contributed by atoms with van der Waals surface area (Å²) in [6, 6.07) is 23.8. The van der Waals surface area contributed by atoms with Crippen LogP contribution >= 0.6 is 0 Å². The molecule has 1 unspecified atom stereocenters. The summed E-state index contributed by atoms with van der Waals surface area (Å²) in [4.78, 5) is 0. The first-order chi connectivity index (χ1) is 13.8. The number of aliphatic hydroxyl groups is 2. The lowest BCUT2D eigenvalue weighted by atomic mass is 9.87. The Hall–Kier alpha value is -2.72. The summed E-state index contributed by atoms with van der Waals surface area (Å²) in [5.41, 5.74) is 1.09. The Morgan fingerprint density at radius 2 is 1.36 bits per heavy atom. The Bertz CT molecular complexity index is 1290. The van der Waals surface area contributed by atoms with Crippen molar-refractivity contribution in [1.82, 2.24) is 0 Å². The van der Waals surface area contributed by atoms with E-state index in [0.29, 0.717) is 6.42 Å². The molecule has 5 aromatic rings. The quantitative estimate of drug-likeness (QED) is 0.343. The minimum atomic E-state index is -0.629. The van der Waals surface area contributed by atoms with Crippen LogP contribution in [0.3, 0.4) is 0 Å². The number of hydrogen-bond acceptors (Lipinski definition) is 3. The molecule has 2 N–H and O–H groups in total. The average Bonchev–Trinajstić information content (AvgIpc) is 3.12. The van der Waals surface area contributed by atoms with Crippen molar-refractivity contribution in [2.24, 2.45) is 0 Å². The van der Waals surface area contributed by atoms with E-state index >= 15 is 0 Å². The number of ether oxygens (including phenoxy) is 1. The van der Waals surface area contributed by atoms with Gasteiger partial charge in [0.25, 0.3) is 0 Å². The molecule has 1 fully saturated rings. The van der Waals surface area contributed by atoms with Crippen LogP contribution in [0.1, 0.15) is 18.1 Å². The van der Waals surface area contributed by atoms with E-state index in [4.69, 9.17) is 4.74 Å². The van der Waals surface area contributed by atoms with Gasteiger partial charge in [-0.2, -0.15) is 0 Å². The highest BCUT2D eigenvalue weighted by Crippen LogP contribution is 2.44. The standard InChI is InChI=1S/C25H20O3/c26-13-23-21(27)12-22(28-23)15-10-11-20-18-7-2-5-14-4-1-6-17(24(14)18)19-9-3-8-16(15)25(19)20/h1-11,21-23,26-27H,12-13H2/t21-,22?,23+/m0/s1. The van der Waals surface area contributed by atoms with E-state index in [2.05, 4.69) is 66.7 Å². The molecular formula is C25H20O3. The Morgan fingerprint density at radius 1 is 0.750 bits per heavy atom. The van der Waals surface area contributed by atoms with Crippen molar-refractivity contribution in [3.63, 3.8) is 0 Å². The molecule has 0 amide bonds. The summed E-state index contributed by atoms with van der Waals surface area (Å²) in [5.74, 6) is 0. The zero-order valence-corrected chi connectivity index (χ0v) is 15.3. The van der Waals surface area contributed by atoms with Crippen molar-refractivity contribution in [1.29, 1.82) is 0 Å². The molecule has 1 heterocycles. The highest BCUT2D eigenvalue weighted by molar-refractivity contribution is 6.33. The number of rotatable bonds is 2. The molecule has 1 saturated heterocycles. The zero-order chi connectivity index (χ0) is 18.8. The largest absolute Gasteiger partial charge is 0.394 e. The second-order valence-electron chi connectivity index (χ2n) is 7.79. The van der Waals surface area contributed by atoms with Crippen molar-refractivity contribution in [2.75, 3.05) is 6.61 Å². The Kier molecular flexibility index (Phi) is 3.42. The molecule has 0 spiro atoms. The smallest absolute Gasteiger partial charge is 0.107 e. The predicted molar refractivity (Wildman–Crippen MR) is 113 cm³/mol. The van der Waals surface area contributed by atoms with Crippen LogP contribution in [-0.2, 0) is 4.74 Å². The summed E-state index contributed by atoms with van der Waals surface area (Å²) < 4.78 is 5.98. The van der Waals surface area contributed by atoms with Crippen molar-refractivity contribution in [2.45, 2.75) is 24.7 Å². The molecule has 1 aliphatic heterocycles. The van der Waals surface area contributed by atoms with E-state index in [0.717, 1.165) is 10.9 Å². The first-order valence-electron chi connectivity index (χ1n) is 9.79. The number of hydrogen-bond donors (Lipinski definition) is 2. The second-order valence-corrected chi connectivity index (χ2v) is 7.79. The van der Waals surface area contributed by atoms with E-state index in [1.807, 2.05) is 0 Å². The zero-order valence-electron chi connectivity index (χ0n) is 15.3. The lowest BCUT2D eigenvalue weighted by Gasteiger charge is -2.19. The van der Waals surface area contributed by atoms with E-state index in [1.54, 1.807) is 0 Å². The number of aliphatic hydroxyl groups excluding tert-OH is 2. The highest BCUT2D eigenvalue weighted by atomic mass is 16.5. The molecule has 0 bridgehead atoms. The normalized spacial score (nSPS) is 22.9. The van der Waals surface area contributed by atoms with Gasteiger partial charge in [0.15, 0.2) is 0 Å². The van der Waals surface area contributed by atoms with Gasteiger partial charge in [-0.25, -0.2) is 0 Å². The van der Waals surface area contributed by atoms with E-state index in [9.17, 15) is 10.2 Å². The Balaban J connectivity index is 1.72. The second kappa shape index (κ2) is 5.89. The lowest BCUT2D eigenvalue weighted by Crippen LogP contribution is -2.24. The molecule has 0 saturated carbocycles. The molecule has 1 aliphatic rings. The van der Waals surface area contributed by atoms with Crippen LogP contribution in [-0.4, -0.2) is 29.0 Å². The molecule has 3 nitrogen and oxygen atoms in total. The third-order valence-electron chi connectivity index (χ3n) is 6.31. The fraction of sp³-hybridized carbons (Fsp3) is 0.200. The maximum atomic E-state index is 10.2. The predicted octanol–water partition coefficient (Wildman–Crippen LogP) is 4.92. The molecule has 138 valence electrons. The van der Waals surface area contributed by atoms with Gasteiger partial charge in [0.1, 0.15) is 6.10 Å². The van der Waals surface area contributed by atoms with Crippen LogP contribution < -0.4 is 0 Å². The number of fused-ring (bicyclic) bond motifs is 2. The van der Waals surface area contributed by atoms with E-state index in [-0.39, 0.29) is 12.7 Å². The van der Waals surface area contributed by atoms with Gasteiger partial charge in [0.2, 0.25) is 0 Å². The van der Waals surface area contributed by atoms with Gasteiger partial charge in [-0.15, -0.1) is 0 Å². The van der Waals surface area contributed by atoms with Crippen molar-refractivity contribution < 1.29 is 14.9 Å². The summed E-state index contributed by atoms with van der Waals surface area (Å²) in [6.07, 6.45) is -0.833. The van der Waals surface area contributed by atoms with Gasteiger partial charge in [0.05, 0.1) is 18.8 Å². The molecule has 6 rings (SSSR count). The van der Waals surface area contributed by atoms with Gasteiger partial charge < -0.3 is 14.9 Å². The van der Waals surface area contributed by atoms with Gasteiger partial charge >= 0.3 is 0 Å². The van der Waals surface area contributed by atoms with Crippen LogP contribution in [0.25, 0.3) is 43.1 Å². The van der Waals surface area contributed by atoms with Gasteiger partial charge in [-0.3, -0.25) is 0 Å².